The second-order valence-electron chi connectivity index (χ2n) is 8.68. The molecular weight excluding hydrogens is 490 g/mol. The minimum Gasteiger partial charge on any atom is -0.478 e. The molecule has 1 fully saturated rings. The maximum absolute atomic E-state index is 11.3. The summed E-state index contributed by atoms with van der Waals surface area (Å²) in [6, 6.07) is 13.3. The Morgan fingerprint density at radius 2 is 1.97 bits per heavy atom. The molecule has 0 radical (unpaired) electrons. The largest absolute Gasteiger partial charge is 0.478 e. The van der Waals surface area contributed by atoms with E-state index in [4.69, 9.17) is 5.14 Å². The molecule has 4 aromatic rings. The van der Waals surface area contributed by atoms with Gasteiger partial charge in [-0.3, -0.25) is 4.18 Å². The van der Waals surface area contributed by atoms with E-state index in [1.165, 1.54) is 6.07 Å². The van der Waals surface area contributed by atoms with Crippen LogP contribution in [0.1, 0.15) is 16.8 Å². The second-order valence-corrected chi connectivity index (χ2v) is 9.90. The number of hydrogen-bond acceptors (Lipinski definition) is 9. The van der Waals surface area contributed by atoms with E-state index < -0.39 is 40.4 Å². The van der Waals surface area contributed by atoms with Gasteiger partial charge in [-0.15, -0.1) is 0 Å². The first-order chi connectivity index (χ1) is 17.1. The van der Waals surface area contributed by atoms with Gasteiger partial charge >= 0.3 is 16.3 Å². The third-order valence-electron chi connectivity index (χ3n) is 6.34. The van der Waals surface area contributed by atoms with Crippen LogP contribution in [0.5, 0.6) is 0 Å². The molecule has 13 heteroatoms. The monoisotopic (exact) mass is 513 g/mol. The predicted molar refractivity (Wildman–Crippen MR) is 129 cm³/mol. The van der Waals surface area contributed by atoms with Crippen molar-refractivity contribution < 1.29 is 32.7 Å². The number of aromatic carboxylic acids is 1. The molecule has 0 bridgehead atoms. The van der Waals surface area contributed by atoms with E-state index in [9.17, 15) is 28.5 Å². The molecule has 5 rings (SSSR count). The van der Waals surface area contributed by atoms with Crippen molar-refractivity contribution in [2.75, 3.05) is 11.9 Å². The van der Waals surface area contributed by atoms with Gasteiger partial charge in [0.05, 0.1) is 30.0 Å². The number of carboxylic acids is 1. The molecular formula is C23H23N5O7S. The first-order valence-corrected chi connectivity index (χ1v) is 12.5. The molecule has 12 nitrogen and oxygen atoms in total. The van der Waals surface area contributed by atoms with Gasteiger partial charge in [0.2, 0.25) is 0 Å². The number of nitrogens with one attached hydrogen (secondary N) is 1. The van der Waals surface area contributed by atoms with E-state index in [0.29, 0.717) is 17.2 Å². The number of nitrogens with two attached hydrogens (primary N) is 1. The van der Waals surface area contributed by atoms with Crippen LogP contribution in [0, 0.1) is 5.92 Å². The number of rotatable bonds is 7. The zero-order chi connectivity index (χ0) is 25.6. The molecule has 6 N–H and O–H groups in total. The van der Waals surface area contributed by atoms with Gasteiger partial charge in [0.25, 0.3) is 0 Å². The van der Waals surface area contributed by atoms with Crippen molar-refractivity contribution in [3.8, 4) is 11.3 Å². The Morgan fingerprint density at radius 3 is 2.72 bits per heavy atom. The van der Waals surface area contributed by atoms with Gasteiger partial charge < -0.3 is 20.6 Å². The van der Waals surface area contributed by atoms with Crippen LogP contribution in [-0.4, -0.2) is 69.2 Å². The van der Waals surface area contributed by atoms with Crippen molar-refractivity contribution in [3.63, 3.8) is 0 Å². The summed E-state index contributed by atoms with van der Waals surface area (Å²) >= 11 is 0. The average molecular weight is 514 g/mol. The lowest BCUT2D eigenvalue weighted by molar-refractivity contribution is 0.00777. The molecule has 0 aliphatic heterocycles. The van der Waals surface area contributed by atoms with E-state index in [1.54, 1.807) is 35.0 Å². The van der Waals surface area contributed by atoms with Gasteiger partial charge in [0, 0.05) is 23.7 Å². The molecule has 1 unspecified atom stereocenters. The molecule has 36 heavy (non-hydrogen) atoms. The number of aliphatic hydroxyl groups excluding tert-OH is 2. The molecule has 2 aromatic carbocycles. The van der Waals surface area contributed by atoms with Gasteiger partial charge in [-0.2, -0.15) is 18.0 Å². The van der Waals surface area contributed by atoms with E-state index in [2.05, 4.69) is 19.6 Å². The molecule has 1 saturated carbocycles. The second kappa shape index (κ2) is 9.11. The maximum Gasteiger partial charge on any atom is 0.335 e. The van der Waals surface area contributed by atoms with Crippen LogP contribution in [0.15, 0.2) is 54.7 Å². The molecule has 0 spiro atoms. The first kappa shape index (κ1) is 24.1. The van der Waals surface area contributed by atoms with Crippen molar-refractivity contribution in [1.29, 1.82) is 0 Å². The summed E-state index contributed by atoms with van der Waals surface area (Å²) in [7, 11) is -4.17. The first-order valence-electron chi connectivity index (χ1n) is 11.0. The Labute approximate surface area is 205 Å². The maximum atomic E-state index is 11.3. The van der Waals surface area contributed by atoms with Crippen LogP contribution in [-0.2, 0) is 14.5 Å². The highest BCUT2D eigenvalue weighted by Crippen LogP contribution is 2.32. The van der Waals surface area contributed by atoms with Gasteiger partial charge in [0.15, 0.2) is 5.65 Å². The Bertz CT molecular complexity index is 1570. The predicted octanol–water partition coefficient (Wildman–Crippen LogP) is 0.990. The summed E-state index contributed by atoms with van der Waals surface area (Å²) < 4.78 is 28.3. The van der Waals surface area contributed by atoms with Crippen molar-refractivity contribution in [1.82, 2.24) is 14.6 Å². The SMILES string of the molecule is NS(=O)(=O)OCC1C[C@@H](Nc2ccnc3cc(-c4cccc5cc(C(=O)O)ccc45)nn23)[C@H](O)[C@@H]1O. The number of aromatic nitrogens is 3. The van der Waals surface area contributed by atoms with Crippen molar-refractivity contribution >= 4 is 38.5 Å². The van der Waals surface area contributed by atoms with Crippen molar-refractivity contribution in [3.05, 3.63) is 60.3 Å². The highest BCUT2D eigenvalue weighted by Gasteiger charge is 2.42. The Hall–Kier alpha value is -3.62. The summed E-state index contributed by atoms with van der Waals surface area (Å²) in [5.41, 5.74) is 2.11. The van der Waals surface area contributed by atoms with E-state index in [0.717, 1.165) is 16.3 Å². The fourth-order valence-electron chi connectivity index (χ4n) is 4.58. The Morgan fingerprint density at radius 1 is 1.17 bits per heavy atom. The van der Waals surface area contributed by atoms with Crippen LogP contribution >= 0.6 is 0 Å². The zero-order valence-corrected chi connectivity index (χ0v) is 19.5. The topological polar surface area (TPSA) is 189 Å². The summed E-state index contributed by atoms with van der Waals surface area (Å²) in [4.78, 5) is 15.7. The number of nitrogens with zero attached hydrogens (tertiary/aromatic N) is 3. The number of hydrogen-bond donors (Lipinski definition) is 5. The quantitative estimate of drug-likeness (QED) is 0.238. The molecule has 1 aliphatic carbocycles. The number of carbonyl (C=O) groups is 1. The fourth-order valence-corrected chi connectivity index (χ4v) is 4.95. The van der Waals surface area contributed by atoms with Gasteiger partial charge in [-0.1, -0.05) is 24.3 Å². The van der Waals surface area contributed by atoms with Crippen LogP contribution < -0.4 is 10.5 Å². The molecule has 2 heterocycles. The third-order valence-corrected chi connectivity index (χ3v) is 6.81. The van der Waals surface area contributed by atoms with Gasteiger partial charge in [-0.05, 0) is 35.4 Å². The average Bonchev–Trinajstić information content (AvgIpc) is 3.39. The number of benzene rings is 2. The van der Waals surface area contributed by atoms with E-state index >= 15 is 0 Å². The zero-order valence-electron chi connectivity index (χ0n) is 18.7. The minimum atomic E-state index is -4.17. The summed E-state index contributed by atoms with van der Waals surface area (Å²) in [5.74, 6) is -1.15. The molecule has 4 atom stereocenters. The van der Waals surface area contributed by atoms with Crippen molar-refractivity contribution in [2.45, 2.75) is 24.7 Å². The number of fused-ring (bicyclic) bond motifs is 2. The standard InChI is InChI=1S/C23H23N5O7S/c24-36(33,34)35-11-14-9-18(22(30)21(14)29)26-19-6-7-25-20-10-17(27-28(19)20)16-3-1-2-12-8-13(23(31)32)4-5-15(12)16/h1-8,10,14,18,21-22,26,29-30H,9,11H2,(H,31,32)(H2,24,33,34)/t14?,18-,21-,22+/m1/s1. The summed E-state index contributed by atoms with van der Waals surface area (Å²) in [6.45, 7) is -0.350. The summed E-state index contributed by atoms with van der Waals surface area (Å²) in [6.07, 6.45) is -0.588. The van der Waals surface area contributed by atoms with Gasteiger partial charge in [-0.25, -0.2) is 14.9 Å². The molecule has 1 aliphatic rings. The molecule has 0 amide bonds. The lowest BCUT2D eigenvalue weighted by Crippen LogP contribution is -2.36. The Balaban J connectivity index is 1.45. The molecule has 0 saturated heterocycles. The van der Waals surface area contributed by atoms with E-state index in [1.807, 2.05) is 18.2 Å². The van der Waals surface area contributed by atoms with Crippen LogP contribution in [0.4, 0.5) is 5.82 Å². The normalized spacial score (nSPS) is 22.3. The number of carboxylic acid groups (broad SMARTS) is 1. The van der Waals surface area contributed by atoms with Gasteiger partial charge in [0.1, 0.15) is 11.9 Å². The number of aliphatic hydroxyl groups is 2. The molecule has 2 aromatic heterocycles. The van der Waals surface area contributed by atoms with Crippen LogP contribution in [0.3, 0.4) is 0 Å². The minimum absolute atomic E-state index is 0.188. The van der Waals surface area contributed by atoms with Crippen molar-refractivity contribution in [2.24, 2.45) is 11.1 Å². The third kappa shape index (κ3) is 4.62. The smallest absolute Gasteiger partial charge is 0.335 e. The van der Waals surface area contributed by atoms with Crippen LogP contribution in [0.2, 0.25) is 0 Å². The van der Waals surface area contributed by atoms with Crippen LogP contribution in [0.25, 0.3) is 27.7 Å². The summed E-state index contributed by atoms with van der Waals surface area (Å²) in [5, 5.41) is 44.4. The van der Waals surface area contributed by atoms with E-state index in [-0.39, 0.29) is 18.6 Å². The fraction of sp³-hybridized carbons (Fsp3) is 0.261. The number of anilines is 1. The highest BCUT2D eigenvalue weighted by molar-refractivity contribution is 7.84. The lowest BCUT2D eigenvalue weighted by atomic mass is 10.0. The molecule has 188 valence electrons. The lowest BCUT2D eigenvalue weighted by Gasteiger charge is -2.19. The highest BCUT2D eigenvalue weighted by atomic mass is 32.2. The Kier molecular flexibility index (Phi) is 6.10.